The van der Waals surface area contributed by atoms with E-state index in [-0.39, 0.29) is 10.8 Å². The predicted molar refractivity (Wildman–Crippen MR) is 112 cm³/mol. The molecule has 0 atom stereocenters. The SMILES string of the molecule is C[Si](CC(C)(C)C)OC(C)(Nc1ccccc1)O[Si](C)CC(C)(C)C. The van der Waals surface area contributed by atoms with Gasteiger partial charge in [-0.25, -0.2) is 0 Å². The van der Waals surface area contributed by atoms with E-state index in [4.69, 9.17) is 8.85 Å². The van der Waals surface area contributed by atoms with Crippen molar-refractivity contribution in [1.82, 2.24) is 0 Å². The van der Waals surface area contributed by atoms with Crippen LogP contribution in [-0.2, 0) is 8.85 Å². The maximum atomic E-state index is 6.50. The molecule has 1 aromatic rings. The first-order chi connectivity index (χ1) is 11.3. The summed E-state index contributed by atoms with van der Waals surface area (Å²) in [4.78, 5) is 0. The fourth-order valence-electron chi connectivity index (χ4n) is 3.09. The number of rotatable bonds is 8. The van der Waals surface area contributed by atoms with Crippen LogP contribution in [0.25, 0.3) is 0 Å². The number of anilines is 1. The largest absolute Gasteiger partial charge is 0.375 e. The fraction of sp³-hybridized carbons (Fsp3) is 0.700. The molecule has 0 saturated heterocycles. The van der Waals surface area contributed by atoms with Crippen molar-refractivity contribution in [2.24, 2.45) is 10.8 Å². The van der Waals surface area contributed by atoms with Crippen molar-refractivity contribution >= 4 is 23.8 Å². The summed E-state index contributed by atoms with van der Waals surface area (Å²) in [6.45, 7) is 20.1. The highest BCUT2D eigenvalue weighted by Crippen LogP contribution is 2.29. The van der Waals surface area contributed by atoms with Crippen LogP contribution in [0.5, 0.6) is 0 Å². The van der Waals surface area contributed by atoms with Crippen molar-refractivity contribution in [2.75, 3.05) is 5.32 Å². The molecule has 0 heterocycles. The van der Waals surface area contributed by atoms with Gasteiger partial charge in [-0.05, 0) is 48.1 Å². The molecule has 0 aliphatic rings. The van der Waals surface area contributed by atoms with Crippen molar-refractivity contribution in [3.05, 3.63) is 30.3 Å². The number of hydrogen-bond acceptors (Lipinski definition) is 3. The predicted octanol–water partition coefficient (Wildman–Crippen LogP) is 6.14. The van der Waals surface area contributed by atoms with Crippen LogP contribution in [0.4, 0.5) is 5.69 Å². The van der Waals surface area contributed by atoms with Gasteiger partial charge in [0.2, 0.25) is 24.0 Å². The summed E-state index contributed by atoms with van der Waals surface area (Å²) in [5, 5.41) is 3.50. The van der Waals surface area contributed by atoms with Crippen LogP contribution in [0, 0.1) is 10.8 Å². The lowest BCUT2D eigenvalue weighted by atomic mass is 10.0. The fourth-order valence-corrected chi connectivity index (χ4v) is 7.82. The van der Waals surface area contributed by atoms with E-state index in [2.05, 4.69) is 72.1 Å². The van der Waals surface area contributed by atoms with Crippen molar-refractivity contribution < 1.29 is 8.85 Å². The minimum Gasteiger partial charge on any atom is -0.375 e. The van der Waals surface area contributed by atoms with Crippen molar-refractivity contribution in [3.63, 3.8) is 0 Å². The van der Waals surface area contributed by atoms with E-state index < -0.39 is 24.0 Å². The minimum absolute atomic E-state index is 0.266. The second-order valence-electron chi connectivity index (χ2n) is 9.52. The Morgan fingerprint density at radius 2 is 1.16 bits per heavy atom. The Balaban J connectivity index is 2.88. The lowest BCUT2D eigenvalue weighted by molar-refractivity contribution is -0.0799. The molecule has 0 aliphatic heterocycles. The maximum Gasteiger partial charge on any atom is 0.227 e. The Labute approximate surface area is 159 Å². The average molecular weight is 380 g/mol. The van der Waals surface area contributed by atoms with Crippen LogP contribution in [0.15, 0.2) is 30.3 Å². The standard InChI is InChI=1S/C20H37NO2Si2/c1-18(2,3)15-24(8)22-20(7,21-17-13-11-10-12-14-17)23-25(9)16-19(4,5)6/h10-14,21H,15-16H2,1-9H3. The second kappa shape index (κ2) is 8.84. The minimum atomic E-state index is -0.982. The molecule has 0 fully saturated rings. The molecule has 1 aromatic carbocycles. The number of nitrogens with one attached hydrogen (secondary N) is 1. The van der Waals surface area contributed by atoms with Gasteiger partial charge in [-0.15, -0.1) is 0 Å². The van der Waals surface area contributed by atoms with Gasteiger partial charge in [-0.1, -0.05) is 59.7 Å². The molecule has 1 rings (SSSR count). The zero-order chi connectivity index (χ0) is 19.3. The average Bonchev–Trinajstić information content (AvgIpc) is 2.33. The molecular weight excluding hydrogens is 342 g/mol. The zero-order valence-corrected chi connectivity index (χ0v) is 19.6. The van der Waals surface area contributed by atoms with E-state index in [1.54, 1.807) is 0 Å². The highest BCUT2D eigenvalue weighted by molar-refractivity contribution is 6.51. The summed E-state index contributed by atoms with van der Waals surface area (Å²) in [7, 11) is -1.96. The summed E-state index contributed by atoms with van der Waals surface area (Å²) in [6, 6.07) is 12.4. The highest BCUT2D eigenvalue weighted by atomic mass is 28.3. The third-order valence-electron chi connectivity index (χ3n) is 3.44. The summed E-state index contributed by atoms with van der Waals surface area (Å²) in [5.74, 6) is -0.774. The summed E-state index contributed by atoms with van der Waals surface area (Å²) >= 11 is 0. The molecule has 0 unspecified atom stereocenters. The Bertz CT molecular complexity index is 485. The monoisotopic (exact) mass is 379 g/mol. The van der Waals surface area contributed by atoms with Crippen LogP contribution < -0.4 is 5.32 Å². The van der Waals surface area contributed by atoms with E-state index in [1.165, 1.54) is 0 Å². The number of benzene rings is 1. The van der Waals surface area contributed by atoms with E-state index in [0.717, 1.165) is 17.8 Å². The first kappa shape index (κ1) is 22.4. The van der Waals surface area contributed by atoms with Crippen LogP contribution in [-0.4, -0.2) is 24.0 Å². The van der Waals surface area contributed by atoms with E-state index in [0.29, 0.717) is 0 Å². The van der Waals surface area contributed by atoms with Gasteiger partial charge < -0.3 is 14.2 Å². The number of hydrogen-bond donors (Lipinski definition) is 1. The van der Waals surface area contributed by atoms with Gasteiger partial charge in [0, 0.05) is 12.6 Å². The van der Waals surface area contributed by atoms with Crippen molar-refractivity contribution in [1.29, 1.82) is 0 Å². The lowest BCUT2D eigenvalue weighted by Crippen LogP contribution is -2.48. The van der Waals surface area contributed by atoms with Gasteiger partial charge in [0.1, 0.15) is 0 Å². The molecule has 1 N–H and O–H groups in total. The Hall–Kier alpha value is -0.626. The summed E-state index contributed by atoms with van der Waals surface area (Å²) in [6.07, 6.45) is 0. The Kier molecular flexibility index (Phi) is 7.93. The summed E-state index contributed by atoms with van der Waals surface area (Å²) < 4.78 is 13.0. The van der Waals surface area contributed by atoms with Crippen molar-refractivity contribution in [2.45, 2.75) is 79.6 Å². The van der Waals surface area contributed by atoms with Gasteiger partial charge >= 0.3 is 0 Å². The molecule has 5 heteroatoms. The lowest BCUT2D eigenvalue weighted by Gasteiger charge is -2.38. The quantitative estimate of drug-likeness (QED) is 0.434. The molecular formula is C20H37NO2Si2. The molecule has 0 aromatic heterocycles. The van der Waals surface area contributed by atoms with Gasteiger partial charge in [-0.3, -0.25) is 0 Å². The van der Waals surface area contributed by atoms with Crippen LogP contribution >= 0.6 is 0 Å². The van der Waals surface area contributed by atoms with Crippen LogP contribution in [0.2, 0.25) is 25.2 Å². The molecule has 25 heavy (non-hydrogen) atoms. The Morgan fingerprint density at radius 3 is 1.52 bits per heavy atom. The Morgan fingerprint density at radius 1 is 0.760 bits per heavy atom. The maximum absolute atomic E-state index is 6.50. The van der Waals surface area contributed by atoms with Crippen LogP contribution in [0.3, 0.4) is 0 Å². The van der Waals surface area contributed by atoms with E-state index in [1.807, 2.05) is 25.1 Å². The van der Waals surface area contributed by atoms with E-state index >= 15 is 0 Å². The van der Waals surface area contributed by atoms with Gasteiger partial charge in [-0.2, -0.15) is 0 Å². The highest BCUT2D eigenvalue weighted by Gasteiger charge is 2.34. The molecule has 0 aliphatic carbocycles. The topological polar surface area (TPSA) is 30.5 Å². The van der Waals surface area contributed by atoms with Crippen molar-refractivity contribution in [3.8, 4) is 0 Å². The van der Waals surface area contributed by atoms with Gasteiger partial charge in [0.05, 0.1) is 0 Å². The first-order valence-electron chi connectivity index (χ1n) is 9.14. The van der Waals surface area contributed by atoms with Gasteiger partial charge in [0.15, 0.2) is 0 Å². The first-order valence-corrected chi connectivity index (χ1v) is 13.4. The molecule has 2 radical (unpaired) electrons. The smallest absolute Gasteiger partial charge is 0.227 e. The molecule has 0 amide bonds. The van der Waals surface area contributed by atoms with Crippen LogP contribution in [0.1, 0.15) is 48.5 Å². The third-order valence-corrected chi connectivity index (χ3v) is 8.03. The van der Waals surface area contributed by atoms with E-state index in [9.17, 15) is 0 Å². The molecule has 3 nitrogen and oxygen atoms in total. The number of para-hydroxylation sites is 1. The molecule has 142 valence electrons. The molecule has 0 saturated carbocycles. The third kappa shape index (κ3) is 10.2. The summed E-state index contributed by atoms with van der Waals surface area (Å²) in [5.41, 5.74) is 1.56. The van der Waals surface area contributed by atoms with Gasteiger partial charge in [0.25, 0.3) is 0 Å². The molecule has 0 spiro atoms. The second-order valence-corrected chi connectivity index (χ2v) is 13.4. The molecule has 0 bridgehead atoms. The zero-order valence-electron chi connectivity index (χ0n) is 17.6. The normalized spacial score (nSPS) is 13.6.